The van der Waals surface area contributed by atoms with Gasteiger partial charge in [0.2, 0.25) is 0 Å². The minimum atomic E-state index is 0.395. The van der Waals surface area contributed by atoms with Crippen LogP contribution in [0.2, 0.25) is 5.02 Å². The summed E-state index contributed by atoms with van der Waals surface area (Å²) in [5.74, 6) is 1.70. The summed E-state index contributed by atoms with van der Waals surface area (Å²) in [6.45, 7) is 8.38. The number of nitrogens with one attached hydrogen (secondary N) is 1. The molecule has 1 aliphatic heterocycles. The van der Waals surface area contributed by atoms with Gasteiger partial charge in [0.05, 0.1) is 0 Å². The Hall–Kier alpha value is -0.570. The topological polar surface area (TPSA) is 15.3 Å². The molecular formula is C17H27ClN2. The molecule has 0 spiro atoms. The maximum Gasteiger partial charge on any atom is 0.0409 e. The molecule has 0 amide bonds. The number of hydrogen-bond donors (Lipinski definition) is 1. The molecule has 3 heteroatoms. The second-order valence-corrected chi connectivity index (χ2v) is 6.71. The maximum absolute atomic E-state index is 6.09. The summed E-state index contributed by atoms with van der Waals surface area (Å²) in [6.07, 6.45) is 2.50. The van der Waals surface area contributed by atoms with Crippen molar-refractivity contribution in [2.24, 2.45) is 11.8 Å². The Balaban J connectivity index is 1.86. The normalized spacial score (nSPS) is 21.6. The van der Waals surface area contributed by atoms with Crippen molar-refractivity contribution in [2.75, 3.05) is 26.7 Å². The Bertz CT molecular complexity index is 419. The van der Waals surface area contributed by atoms with Crippen molar-refractivity contribution in [3.63, 3.8) is 0 Å². The summed E-state index contributed by atoms with van der Waals surface area (Å²) in [6, 6.07) is 8.60. The first kappa shape index (κ1) is 15.8. The highest BCUT2D eigenvalue weighted by Crippen LogP contribution is 2.25. The molecule has 0 bridgehead atoms. The van der Waals surface area contributed by atoms with Crippen LogP contribution in [0.15, 0.2) is 24.3 Å². The van der Waals surface area contributed by atoms with Gasteiger partial charge in [-0.05, 0) is 62.5 Å². The second-order valence-electron chi connectivity index (χ2n) is 6.28. The van der Waals surface area contributed by atoms with E-state index in [1.807, 2.05) is 19.2 Å². The average molecular weight is 295 g/mol. The van der Waals surface area contributed by atoms with Crippen LogP contribution < -0.4 is 5.32 Å². The van der Waals surface area contributed by atoms with Gasteiger partial charge < -0.3 is 10.2 Å². The lowest BCUT2D eigenvalue weighted by Crippen LogP contribution is -2.27. The summed E-state index contributed by atoms with van der Waals surface area (Å²) < 4.78 is 0. The fourth-order valence-corrected chi connectivity index (χ4v) is 3.32. The van der Waals surface area contributed by atoms with Crippen molar-refractivity contribution in [3.05, 3.63) is 34.9 Å². The zero-order valence-corrected chi connectivity index (χ0v) is 13.7. The van der Waals surface area contributed by atoms with Gasteiger partial charge in [0.25, 0.3) is 0 Å². The number of nitrogens with zero attached hydrogens (tertiary/aromatic N) is 1. The van der Waals surface area contributed by atoms with Crippen molar-refractivity contribution in [1.82, 2.24) is 10.2 Å². The fraction of sp³-hybridized carbons (Fsp3) is 0.647. The molecule has 1 aromatic rings. The van der Waals surface area contributed by atoms with E-state index in [1.54, 1.807) is 0 Å². The van der Waals surface area contributed by atoms with E-state index >= 15 is 0 Å². The van der Waals surface area contributed by atoms with Crippen LogP contribution in [0.3, 0.4) is 0 Å². The molecule has 1 fully saturated rings. The van der Waals surface area contributed by atoms with Gasteiger partial charge in [0.15, 0.2) is 0 Å². The lowest BCUT2D eigenvalue weighted by Gasteiger charge is -2.22. The Morgan fingerprint density at radius 1 is 1.40 bits per heavy atom. The molecule has 0 aliphatic carbocycles. The molecule has 112 valence electrons. The Morgan fingerprint density at radius 3 is 2.80 bits per heavy atom. The molecule has 2 rings (SSSR count). The molecule has 2 nitrogen and oxygen atoms in total. The van der Waals surface area contributed by atoms with Crippen LogP contribution in [-0.2, 0) is 0 Å². The number of halogens is 1. The predicted molar refractivity (Wildman–Crippen MR) is 87.3 cm³/mol. The van der Waals surface area contributed by atoms with Crippen molar-refractivity contribution in [1.29, 1.82) is 0 Å². The van der Waals surface area contributed by atoms with Gasteiger partial charge in [-0.25, -0.2) is 0 Å². The van der Waals surface area contributed by atoms with Gasteiger partial charge in [0.1, 0.15) is 0 Å². The highest BCUT2D eigenvalue weighted by atomic mass is 35.5. The first-order valence-electron chi connectivity index (χ1n) is 7.75. The highest BCUT2D eigenvalue weighted by Gasteiger charge is 2.25. The standard InChI is InChI=1S/C17H27ClN2/c1-13(2)15-7-9-20(12-15)10-8-17(19-3)14-5-4-6-16(18)11-14/h4-6,11,13,15,17,19H,7-10,12H2,1-3H3. The molecule has 1 heterocycles. The number of benzene rings is 1. The predicted octanol–water partition coefficient (Wildman–Crippen LogP) is 3.97. The largest absolute Gasteiger partial charge is 0.313 e. The molecular weight excluding hydrogens is 268 g/mol. The SMILES string of the molecule is CNC(CCN1CCC(C(C)C)C1)c1cccc(Cl)c1. The number of rotatable bonds is 6. The van der Waals surface area contributed by atoms with Gasteiger partial charge >= 0.3 is 0 Å². The van der Waals surface area contributed by atoms with Gasteiger partial charge in [0, 0.05) is 17.6 Å². The number of likely N-dealkylation sites (tertiary alicyclic amines) is 1. The van der Waals surface area contributed by atoms with Crippen LogP contribution in [0.5, 0.6) is 0 Å². The monoisotopic (exact) mass is 294 g/mol. The smallest absolute Gasteiger partial charge is 0.0409 e. The number of hydrogen-bond acceptors (Lipinski definition) is 2. The average Bonchev–Trinajstić information content (AvgIpc) is 2.88. The molecule has 2 unspecified atom stereocenters. The summed E-state index contributed by atoms with van der Waals surface area (Å²) in [4.78, 5) is 2.61. The molecule has 20 heavy (non-hydrogen) atoms. The quantitative estimate of drug-likeness (QED) is 0.854. The van der Waals surface area contributed by atoms with E-state index in [-0.39, 0.29) is 0 Å². The molecule has 0 aromatic heterocycles. The van der Waals surface area contributed by atoms with Gasteiger partial charge in [-0.2, -0.15) is 0 Å². The van der Waals surface area contributed by atoms with Crippen LogP contribution in [0.1, 0.15) is 38.3 Å². The highest BCUT2D eigenvalue weighted by molar-refractivity contribution is 6.30. The van der Waals surface area contributed by atoms with Crippen molar-refractivity contribution < 1.29 is 0 Å². The summed E-state index contributed by atoms with van der Waals surface area (Å²) in [7, 11) is 2.03. The fourth-order valence-electron chi connectivity index (χ4n) is 3.12. The van der Waals surface area contributed by atoms with Gasteiger partial charge in [-0.3, -0.25) is 0 Å². The van der Waals surface area contributed by atoms with E-state index in [0.29, 0.717) is 6.04 Å². The first-order chi connectivity index (χ1) is 9.60. The molecule has 1 aliphatic rings. The molecule has 1 N–H and O–H groups in total. The molecule has 2 atom stereocenters. The maximum atomic E-state index is 6.09. The van der Waals surface area contributed by atoms with E-state index in [9.17, 15) is 0 Å². The lowest BCUT2D eigenvalue weighted by molar-refractivity contribution is 0.287. The third kappa shape index (κ3) is 4.21. The van der Waals surface area contributed by atoms with E-state index in [1.165, 1.54) is 31.6 Å². The zero-order chi connectivity index (χ0) is 14.5. The lowest BCUT2D eigenvalue weighted by atomic mass is 9.95. The van der Waals surface area contributed by atoms with E-state index in [4.69, 9.17) is 11.6 Å². The molecule has 0 saturated carbocycles. The minimum Gasteiger partial charge on any atom is -0.313 e. The van der Waals surface area contributed by atoms with Crippen LogP contribution in [0.25, 0.3) is 0 Å². The van der Waals surface area contributed by atoms with Crippen LogP contribution in [-0.4, -0.2) is 31.6 Å². The molecule has 0 radical (unpaired) electrons. The second kappa shape index (κ2) is 7.44. The van der Waals surface area contributed by atoms with E-state index in [2.05, 4.69) is 36.2 Å². The van der Waals surface area contributed by atoms with Crippen LogP contribution >= 0.6 is 11.6 Å². The summed E-state index contributed by atoms with van der Waals surface area (Å²) >= 11 is 6.09. The molecule has 1 saturated heterocycles. The van der Waals surface area contributed by atoms with E-state index in [0.717, 1.165) is 23.3 Å². The summed E-state index contributed by atoms with van der Waals surface area (Å²) in [5.41, 5.74) is 1.29. The van der Waals surface area contributed by atoms with Crippen molar-refractivity contribution in [3.8, 4) is 0 Å². The molecule has 1 aromatic carbocycles. The van der Waals surface area contributed by atoms with Gasteiger partial charge in [-0.15, -0.1) is 0 Å². The van der Waals surface area contributed by atoms with Crippen LogP contribution in [0.4, 0.5) is 0 Å². The first-order valence-corrected chi connectivity index (χ1v) is 8.13. The summed E-state index contributed by atoms with van der Waals surface area (Å²) in [5, 5.41) is 4.24. The zero-order valence-electron chi connectivity index (χ0n) is 12.9. The van der Waals surface area contributed by atoms with Crippen molar-refractivity contribution >= 4 is 11.6 Å². The van der Waals surface area contributed by atoms with E-state index < -0.39 is 0 Å². The third-order valence-corrected chi connectivity index (χ3v) is 4.82. The third-order valence-electron chi connectivity index (χ3n) is 4.59. The Kier molecular flexibility index (Phi) is 5.88. The Morgan fingerprint density at radius 2 is 2.20 bits per heavy atom. The van der Waals surface area contributed by atoms with Crippen molar-refractivity contribution in [2.45, 2.75) is 32.7 Å². The van der Waals surface area contributed by atoms with Crippen LogP contribution in [0, 0.1) is 11.8 Å². The Labute approximate surface area is 128 Å². The minimum absolute atomic E-state index is 0.395. The van der Waals surface area contributed by atoms with Gasteiger partial charge in [-0.1, -0.05) is 37.6 Å².